The molecule has 0 bridgehead atoms. The Morgan fingerprint density at radius 2 is 2.09 bits per heavy atom. The highest BCUT2D eigenvalue weighted by molar-refractivity contribution is 5.30. The van der Waals surface area contributed by atoms with Crippen molar-refractivity contribution in [2.45, 2.75) is 25.2 Å². The fourth-order valence-electron chi connectivity index (χ4n) is 1.52. The average molecular weight is 148 g/mol. The topological polar surface area (TPSA) is 20.2 Å². The summed E-state index contributed by atoms with van der Waals surface area (Å²) in [6.45, 7) is 0. The smallest absolute Gasteiger partial charge is 0.115 e. The zero-order chi connectivity index (χ0) is 7.68. The van der Waals surface area contributed by atoms with Gasteiger partial charge in [-0.25, -0.2) is 0 Å². The van der Waals surface area contributed by atoms with Crippen molar-refractivity contribution >= 4 is 0 Å². The van der Waals surface area contributed by atoms with Crippen molar-refractivity contribution in [2.75, 3.05) is 0 Å². The van der Waals surface area contributed by atoms with Crippen LogP contribution in [0.25, 0.3) is 0 Å². The van der Waals surface area contributed by atoms with E-state index >= 15 is 0 Å². The third-order valence-electron chi connectivity index (χ3n) is 2.45. The fourth-order valence-corrected chi connectivity index (χ4v) is 1.52. The SMILES string of the molecule is Oc1cccc(C2CCC2)c1. The molecule has 1 aliphatic rings. The van der Waals surface area contributed by atoms with Crippen LogP contribution in [0.5, 0.6) is 5.75 Å². The van der Waals surface area contributed by atoms with Crippen molar-refractivity contribution in [1.29, 1.82) is 0 Å². The molecule has 0 heterocycles. The number of benzene rings is 1. The number of hydrogen-bond donors (Lipinski definition) is 1. The van der Waals surface area contributed by atoms with Crippen molar-refractivity contribution in [2.24, 2.45) is 0 Å². The Hall–Kier alpha value is -0.980. The Labute approximate surface area is 66.7 Å². The van der Waals surface area contributed by atoms with Gasteiger partial charge in [-0.3, -0.25) is 0 Å². The summed E-state index contributed by atoms with van der Waals surface area (Å²) in [7, 11) is 0. The predicted molar refractivity (Wildman–Crippen MR) is 44.7 cm³/mol. The van der Waals surface area contributed by atoms with Crippen LogP contribution in [0.15, 0.2) is 24.3 Å². The Kier molecular flexibility index (Phi) is 1.57. The first kappa shape index (κ1) is 6.71. The van der Waals surface area contributed by atoms with Crippen molar-refractivity contribution in [3.8, 4) is 5.75 Å². The third-order valence-corrected chi connectivity index (χ3v) is 2.45. The second-order valence-corrected chi connectivity index (χ2v) is 3.22. The number of rotatable bonds is 1. The van der Waals surface area contributed by atoms with Crippen molar-refractivity contribution in [3.63, 3.8) is 0 Å². The standard InChI is InChI=1S/C10H12O/c11-10-6-2-5-9(7-10)8-3-1-4-8/h2,5-8,11H,1,3-4H2. The number of phenols is 1. The molecule has 1 nitrogen and oxygen atoms in total. The molecule has 0 spiro atoms. The highest BCUT2D eigenvalue weighted by atomic mass is 16.3. The van der Waals surface area contributed by atoms with Crippen LogP contribution in [-0.2, 0) is 0 Å². The molecule has 0 atom stereocenters. The first-order valence-corrected chi connectivity index (χ1v) is 4.15. The van der Waals surface area contributed by atoms with Gasteiger partial charge in [0.05, 0.1) is 0 Å². The summed E-state index contributed by atoms with van der Waals surface area (Å²) in [6.07, 6.45) is 3.94. The lowest BCUT2D eigenvalue weighted by Crippen LogP contribution is -2.07. The van der Waals surface area contributed by atoms with E-state index in [0.717, 1.165) is 5.92 Å². The van der Waals surface area contributed by atoms with E-state index in [0.29, 0.717) is 5.75 Å². The maximum Gasteiger partial charge on any atom is 0.115 e. The van der Waals surface area contributed by atoms with E-state index < -0.39 is 0 Å². The number of phenolic OH excluding ortho intramolecular Hbond substituents is 1. The van der Waals surface area contributed by atoms with Gasteiger partial charge >= 0.3 is 0 Å². The van der Waals surface area contributed by atoms with Crippen LogP contribution >= 0.6 is 0 Å². The molecule has 11 heavy (non-hydrogen) atoms. The highest BCUT2D eigenvalue weighted by Gasteiger charge is 2.19. The summed E-state index contributed by atoms with van der Waals surface area (Å²) >= 11 is 0. The Morgan fingerprint density at radius 3 is 2.64 bits per heavy atom. The van der Waals surface area contributed by atoms with Crippen LogP contribution in [-0.4, -0.2) is 5.11 Å². The van der Waals surface area contributed by atoms with Gasteiger partial charge in [0, 0.05) is 0 Å². The molecule has 1 aromatic rings. The molecule has 0 saturated heterocycles. The molecule has 0 unspecified atom stereocenters. The van der Waals surface area contributed by atoms with Gasteiger partial charge in [0.15, 0.2) is 0 Å². The van der Waals surface area contributed by atoms with E-state index in [2.05, 4.69) is 6.07 Å². The first-order valence-electron chi connectivity index (χ1n) is 4.15. The molecule has 1 aromatic carbocycles. The molecule has 0 aliphatic heterocycles. The van der Waals surface area contributed by atoms with Crippen LogP contribution in [0.4, 0.5) is 0 Å². The van der Waals surface area contributed by atoms with Gasteiger partial charge in [-0.15, -0.1) is 0 Å². The molecule has 1 N–H and O–H groups in total. The van der Waals surface area contributed by atoms with E-state index in [1.807, 2.05) is 12.1 Å². The first-order chi connectivity index (χ1) is 5.36. The minimum absolute atomic E-state index is 0.398. The summed E-state index contributed by atoms with van der Waals surface area (Å²) in [5.74, 6) is 1.12. The minimum Gasteiger partial charge on any atom is -0.508 e. The summed E-state index contributed by atoms with van der Waals surface area (Å²) in [6, 6.07) is 7.62. The summed E-state index contributed by atoms with van der Waals surface area (Å²) in [5.41, 5.74) is 1.30. The van der Waals surface area contributed by atoms with Crippen molar-refractivity contribution < 1.29 is 5.11 Å². The van der Waals surface area contributed by atoms with Crippen LogP contribution in [0, 0.1) is 0 Å². The highest BCUT2D eigenvalue weighted by Crippen LogP contribution is 2.37. The molecular weight excluding hydrogens is 136 g/mol. The van der Waals surface area contributed by atoms with Gasteiger partial charge in [0.2, 0.25) is 0 Å². The van der Waals surface area contributed by atoms with Crippen molar-refractivity contribution in [3.05, 3.63) is 29.8 Å². The third kappa shape index (κ3) is 1.23. The molecule has 2 rings (SSSR count). The van der Waals surface area contributed by atoms with Crippen molar-refractivity contribution in [1.82, 2.24) is 0 Å². The van der Waals surface area contributed by atoms with E-state index in [-0.39, 0.29) is 0 Å². The van der Waals surface area contributed by atoms with Gasteiger partial charge in [-0.1, -0.05) is 18.6 Å². The molecule has 1 fully saturated rings. The zero-order valence-electron chi connectivity index (χ0n) is 6.46. The monoisotopic (exact) mass is 148 g/mol. The molecule has 1 heteroatoms. The maximum absolute atomic E-state index is 9.18. The van der Waals surface area contributed by atoms with E-state index in [1.165, 1.54) is 24.8 Å². The van der Waals surface area contributed by atoms with E-state index in [1.54, 1.807) is 6.07 Å². The molecule has 0 aromatic heterocycles. The summed E-state index contributed by atoms with van der Waals surface area (Å²) in [4.78, 5) is 0. The lowest BCUT2D eigenvalue weighted by atomic mass is 9.80. The predicted octanol–water partition coefficient (Wildman–Crippen LogP) is 2.66. The molecule has 0 amide bonds. The fraction of sp³-hybridized carbons (Fsp3) is 0.400. The largest absolute Gasteiger partial charge is 0.508 e. The maximum atomic E-state index is 9.18. The van der Waals surface area contributed by atoms with Gasteiger partial charge in [-0.05, 0) is 36.5 Å². The molecule has 0 radical (unpaired) electrons. The number of aromatic hydroxyl groups is 1. The molecular formula is C10H12O. The Bertz CT molecular complexity index is 251. The average Bonchev–Trinajstić information content (AvgIpc) is 1.83. The second-order valence-electron chi connectivity index (χ2n) is 3.22. The Morgan fingerprint density at radius 1 is 1.27 bits per heavy atom. The molecule has 1 saturated carbocycles. The second kappa shape index (κ2) is 2.57. The zero-order valence-corrected chi connectivity index (χ0v) is 6.46. The lowest BCUT2D eigenvalue weighted by molar-refractivity contribution is 0.415. The molecule has 1 aliphatic carbocycles. The van der Waals surface area contributed by atoms with Crippen LogP contribution in [0.3, 0.4) is 0 Å². The summed E-state index contributed by atoms with van der Waals surface area (Å²) in [5, 5.41) is 9.18. The van der Waals surface area contributed by atoms with Gasteiger partial charge < -0.3 is 5.11 Å². The van der Waals surface area contributed by atoms with E-state index in [4.69, 9.17) is 0 Å². The Balaban J connectivity index is 2.23. The van der Waals surface area contributed by atoms with E-state index in [9.17, 15) is 5.11 Å². The van der Waals surface area contributed by atoms with Gasteiger partial charge in [0.25, 0.3) is 0 Å². The van der Waals surface area contributed by atoms with Crippen LogP contribution in [0.2, 0.25) is 0 Å². The van der Waals surface area contributed by atoms with Crippen LogP contribution in [0.1, 0.15) is 30.7 Å². The minimum atomic E-state index is 0.398. The molecule has 58 valence electrons. The summed E-state index contributed by atoms with van der Waals surface area (Å²) < 4.78 is 0. The normalized spacial score (nSPS) is 17.8. The lowest BCUT2D eigenvalue weighted by Gasteiger charge is -2.25. The van der Waals surface area contributed by atoms with Gasteiger partial charge in [-0.2, -0.15) is 0 Å². The van der Waals surface area contributed by atoms with Crippen LogP contribution < -0.4 is 0 Å². The number of hydrogen-bond acceptors (Lipinski definition) is 1. The van der Waals surface area contributed by atoms with Gasteiger partial charge in [0.1, 0.15) is 5.75 Å². The quantitative estimate of drug-likeness (QED) is 0.649.